The van der Waals surface area contributed by atoms with Crippen molar-refractivity contribution in [2.75, 3.05) is 6.54 Å². The Morgan fingerprint density at radius 3 is 1.56 bits per heavy atom. The topological polar surface area (TPSA) is 23.5 Å². The van der Waals surface area contributed by atoms with E-state index < -0.39 is 0 Å². The van der Waals surface area contributed by atoms with Gasteiger partial charge in [-0.3, -0.25) is 4.90 Å². The second kappa shape index (κ2) is 6.02. The summed E-state index contributed by atoms with van der Waals surface area (Å²) >= 11 is 0. The van der Waals surface area contributed by atoms with Gasteiger partial charge in [0.25, 0.3) is 0 Å². The number of likely N-dealkylation sites (tertiary alicyclic amines) is 1. The molecule has 0 aromatic heterocycles. The van der Waals surface area contributed by atoms with Crippen LogP contribution in [0.2, 0.25) is 0 Å². The minimum atomic E-state index is -0.167. The molecule has 0 radical (unpaired) electrons. The van der Waals surface area contributed by atoms with E-state index in [0.717, 1.165) is 0 Å². The molecule has 1 rings (SSSR count). The van der Waals surface area contributed by atoms with Gasteiger partial charge in [0.15, 0.2) is 0 Å². The maximum atomic E-state index is 8.06. The van der Waals surface area contributed by atoms with E-state index in [1.54, 1.807) is 13.8 Å². The fraction of sp³-hybridized carbons (Fsp3) is 1.00. The van der Waals surface area contributed by atoms with Crippen LogP contribution in [0, 0.1) is 0 Å². The molecule has 0 unspecified atom stereocenters. The first kappa shape index (κ1) is 15.9. The fourth-order valence-electron chi connectivity index (χ4n) is 2.90. The zero-order chi connectivity index (χ0) is 13.0. The van der Waals surface area contributed by atoms with Crippen LogP contribution in [0.5, 0.6) is 0 Å². The summed E-state index contributed by atoms with van der Waals surface area (Å²) in [6, 6.07) is 0. The predicted molar refractivity (Wildman–Crippen MR) is 71.7 cm³/mol. The molecule has 0 aromatic carbocycles. The highest BCUT2D eigenvalue weighted by atomic mass is 16.3. The molecule has 0 bridgehead atoms. The molecule has 1 saturated heterocycles. The van der Waals surface area contributed by atoms with Gasteiger partial charge in [-0.25, -0.2) is 0 Å². The maximum absolute atomic E-state index is 8.06. The summed E-state index contributed by atoms with van der Waals surface area (Å²) < 4.78 is 0. The van der Waals surface area contributed by atoms with E-state index in [4.69, 9.17) is 5.11 Å². The van der Waals surface area contributed by atoms with E-state index in [1.165, 1.54) is 25.8 Å². The zero-order valence-electron chi connectivity index (χ0n) is 12.3. The summed E-state index contributed by atoms with van der Waals surface area (Å²) in [4.78, 5) is 2.64. The smallest absolute Gasteiger partial charge is 0.0483 e. The highest BCUT2D eigenvalue weighted by molar-refractivity contribution is 4.95. The quantitative estimate of drug-likeness (QED) is 0.744. The maximum Gasteiger partial charge on any atom is 0.0483 e. The molecule has 1 aliphatic heterocycles. The average molecular weight is 229 g/mol. The number of aliphatic hydroxyl groups is 1. The molecular weight excluding hydrogens is 198 g/mol. The standard InChI is InChI=1S/C11H23N.C3H8O/c1-6-12-10(2,3)8-7-9-11(12,4)5;1-3(2)4/h6-9H2,1-5H3;3-4H,1-2H3. The zero-order valence-corrected chi connectivity index (χ0v) is 12.3. The summed E-state index contributed by atoms with van der Waals surface area (Å²) in [5.74, 6) is 0. The van der Waals surface area contributed by atoms with E-state index in [-0.39, 0.29) is 6.10 Å². The van der Waals surface area contributed by atoms with Crippen molar-refractivity contribution in [3.8, 4) is 0 Å². The summed E-state index contributed by atoms with van der Waals surface area (Å²) in [6.45, 7) is 16.4. The van der Waals surface area contributed by atoms with Crippen molar-refractivity contribution in [3.63, 3.8) is 0 Å². The van der Waals surface area contributed by atoms with Crippen molar-refractivity contribution in [2.45, 2.75) is 84.9 Å². The SMILES string of the molecule is CC(C)O.CCN1C(C)(C)CCCC1(C)C. The Morgan fingerprint density at radius 2 is 1.38 bits per heavy atom. The highest BCUT2D eigenvalue weighted by Crippen LogP contribution is 2.37. The first-order valence-electron chi connectivity index (χ1n) is 6.59. The van der Waals surface area contributed by atoms with Gasteiger partial charge in [-0.15, -0.1) is 0 Å². The van der Waals surface area contributed by atoms with E-state index in [2.05, 4.69) is 39.5 Å². The Morgan fingerprint density at radius 1 is 1.06 bits per heavy atom. The minimum absolute atomic E-state index is 0.167. The molecule has 0 atom stereocenters. The normalized spacial score (nSPS) is 23.8. The van der Waals surface area contributed by atoms with Crippen LogP contribution in [0.25, 0.3) is 0 Å². The number of aliphatic hydroxyl groups excluding tert-OH is 1. The van der Waals surface area contributed by atoms with Gasteiger partial charge in [0.05, 0.1) is 0 Å². The summed E-state index contributed by atoms with van der Waals surface area (Å²) in [5, 5.41) is 8.06. The summed E-state index contributed by atoms with van der Waals surface area (Å²) in [5.41, 5.74) is 0.826. The Hall–Kier alpha value is -0.0800. The van der Waals surface area contributed by atoms with Crippen LogP contribution in [-0.2, 0) is 0 Å². The van der Waals surface area contributed by atoms with Crippen molar-refractivity contribution < 1.29 is 5.11 Å². The minimum Gasteiger partial charge on any atom is -0.394 e. The predicted octanol–water partition coefficient (Wildman–Crippen LogP) is 3.44. The number of hydrogen-bond acceptors (Lipinski definition) is 2. The number of rotatable bonds is 1. The highest BCUT2D eigenvalue weighted by Gasteiger charge is 2.39. The molecule has 16 heavy (non-hydrogen) atoms. The third-order valence-corrected chi connectivity index (χ3v) is 3.35. The molecule has 2 heteroatoms. The Labute approximate surface area is 102 Å². The fourth-order valence-corrected chi connectivity index (χ4v) is 2.90. The second-order valence-electron chi connectivity index (χ2n) is 6.32. The van der Waals surface area contributed by atoms with Crippen molar-refractivity contribution in [1.29, 1.82) is 0 Å². The van der Waals surface area contributed by atoms with Crippen molar-refractivity contribution in [2.24, 2.45) is 0 Å². The van der Waals surface area contributed by atoms with E-state index >= 15 is 0 Å². The molecule has 2 nitrogen and oxygen atoms in total. The van der Waals surface area contributed by atoms with Gasteiger partial charge in [0.2, 0.25) is 0 Å². The third-order valence-electron chi connectivity index (χ3n) is 3.35. The van der Waals surface area contributed by atoms with Crippen LogP contribution in [0.15, 0.2) is 0 Å². The molecule has 0 amide bonds. The molecule has 1 N–H and O–H groups in total. The molecule has 0 spiro atoms. The monoisotopic (exact) mass is 229 g/mol. The van der Waals surface area contributed by atoms with Crippen molar-refractivity contribution >= 4 is 0 Å². The molecule has 98 valence electrons. The molecular formula is C14H31NO. The van der Waals surface area contributed by atoms with Gasteiger partial charge in [-0.05, 0) is 67.3 Å². The second-order valence-corrected chi connectivity index (χ2v) is 6.32. The Kier molecular flexibility index (Phi) is 5.99. The average Bonchev–Trinajstić information content (AvgIpc) is 1.99. The molecule has 1 fully saturated rings. The largest absolute Gasteiger partial charge is 0.394 e. The van der Waals surface area contributed by atoms with Gasteiger partial charge < -0.3 is 5.11 Å². The van der Waals surface area contributed by atoms with Crippen LogP contribution < -0.4 is 0 Å². The van der Waals surface area contributed by atoms with Gasteiger partial charge in [-0.1, -0.05) is 6.92 Å². The Bertz CT molecular complexity index is 178. The lowest BCUT2D eigenvalue weighted by molar-refractivity contribution is -0.0218. The van der Waals surface area contributed by atoms with Crippen molar-refractivity contribution in [1.82, 2.24) is 4.90 Å². The third kappa shape index (κ3) is 4.84. The van der Waals surface area contributed by atoms with Gasteiger partial charge >= 0.3 is 0 Å². The van der Waals surface area contributed by atoms with Crippen LogP contribution in [0.3, 0.4) is 0 Å². The van der Waals surface area contributed by atoms with E-state index in [0.29, 0.717) is 11.1 Å². The lowest BCUT2D eigenvalue weighted by atomic mass is 9.80. The van der Waals surface area contributed by atoms with Gasteiger partial charge in [0, 0.05) is 17.2 Å². The van der Waals surface area contributed by atoms with E-state index in [9.17, 15) is 0 Å². The Balaban J connectivity index is 0.000000487. The first-order chi connectivity index (χ1) is 7.13. The van der Waals surface area contributed by atoms with Crippen molar-refractivity contribution in [3.05, 3.63) is 0 Å². The van der Waals surface area contributed by atoms with Crippen LogP contribution >= 0.6 is 0 Å². The molecule has 0 aliphatic carbocycles. The van der Waals surface area contributed by atoms with Crippen LogP contribution in [-0.4, -0.2) is 33.7 Å². The van der Waals surface area contributed by atoms with Gasteiger partial charge in [-0.2, -0.15) is 0 Å². The number of piperidine rings is 1. The van der Waals surface area contributed by atoms with E-state index in [1.807, 2.05) is 0 Å². The van der Waals surface area contributed by atoms with Gasteiger partial charge in [0.1, 0.15) is 0 Å². The molecule has 0 saturated carbocycles. The molecule has 1 aliphatic rings. The van der Waals surface area contributed by atoms with Crippen LogP contribution in [0.4, 0.5) is 0 Å². The number of hydrogen-bond donors (Lipinski definition) is 1. The lowest BCUT2D eigenvalue weighted by Crippen LogP contribution is -2.58. The van der Waals surface area contributed by atoms with Crippen LogP contribution in [0.1, 0.15) is 67.7 Å². The molecule has 0 aromatic rings. The summed E-state index contributed by atoms with van der Waals surface area (Å²) in [6.07, 6.45) is 3.92. The first-order valence-corrected chi connectivity index (χ1v) is 6.59. The summed E-state index contributed by atoms with van der Waals surface area (Å²) in [7, 11) is 0. The molecule has 1 heterocycles. The lowest BCUT2D eigenvalue weighted by Gasteiger charge is -2.52. The number of nitrogens with zero attached hydrogens (tertiary/aromatic N) is 1.